The van der Waals surface area contributed by atoms with Gasteiger partial charge in [0.1, 0.15) is 0 Å². The van der Waals surface area contributed by atoms with Crippen molar-refractivity contribution in [2.24, 2.45) is 0 Å². The summed E-state index contributed by atoms with van der Waals surface area (Å²) in [5.74, 6) is 1.00. The quantitative estimate of drug-likeness (QED) is 0.645. The van der Waals surface area contributed by atoms with Crippen LogP contribution in [0.2, 0.25) is 0 Å². The molecule has 3 heteroatoms. The Morgan fingerprint density at radius 2 is 1.82 bits per heavy atom. The summed E-state index contributed by atoms with van der Waals surface area (Å²) in [4.78, 5) is 1.30. The molecule has 0 spiro atoms. The van der Waals surface area contributed by atoms with Crippen LogP contribution in [-0.2, 0) is 4.74 Å². The molecule has 1 aromatic rings. The fourth-order valence-electron chi connectivity index (χ4n) is 2.10. The molecule has 0 saturated heterocycles. The van der Waals surface area contributed by atoms with Crippen LogP contribution in [0.4, 0.5) is 0 Å². The first kappa shape index (κ1) is 12.9. The van der Waals surface area contributed by atoms with Gasteiger partial charge in [-0.25, -0.2) is 0 Å². The van der Waals surface area contributed by atoms with Gasteiger partial charge in [-0.15, -0.1) is 11.8 Å². The molecule has 17 heavy (non-hydrogen) atoms. The number of hydrogen-bond donors (Lipinski definition) is 1. The summed E-state index contributed by atoms with van der Waals surface area (Å²) in [5.41, 5.74) is 0. The predicted molar refractivity (Wildman–Crippen MR) is 71.4 cm³/mol. The van der Waals surface area contributed by atoms with Gasteiger partial charge in [-0.05, 0) is 37.8 Å². The highest BCUT2D eigenvalue weighted by Crippen LogP contribution is 2.22. The molecule has 1 fully saturated rings. The largest absolute Gasteiger partial charge is 0.393 e. The lowest BCUT2D eigenvalue weighted by Gasteiger charge is -2.25. The number of aliphatic hydroxyl groups is 1. The highest BCUT2D eigenvalue weighted by atomic mass is 32.2. The molecule has 2 rings (SSSR count). The Labute approximate surface area is 107 Å². The van der Waals surface area contributed by atoms with Crippen molar-refractivity contribution in [2.75, 3.05) is 12.4 Å². The van der Waals surface area contributed by atoms with Crippen LogP contribution in [0.5, 0.6) is 0 Å². The predicted octanol–water partition coefficient (Wildman–Crippen LogP) is 3.10. The minimum absolute atomic E-state index is 0.0893. The summed E-state index contributed by atoms with van der Waals surface area (Å²) < 4.78 is 5.82. The summed E-state index contributed by atoms with van der Waals surface area (Å²) >= 11 is 1.84. The van der Waals surface area contributed by atoms with E-state index in [0.717, 1.165) is 38.0 Å². The second-order valence-electron chi connectivity index (χ2n) is 4.46. The van der Waals surface area contributed by atoms with Crippen LogP contribution in [0.1, 0.15) is 25.7 Å². The molecule has 0 unspecified atom stereocenters. The molecular formula is C14H20O2S. The minimum Gasteiger partial charge on any atom is -0.393 e. The third-order valence-corrected chi connectivity index (χ3v) is 4.07. The van der Waals surface area contributed by atoms with E-state index in [1.165, 1.54) is 4.90 Å². The number of ether oxygens (including phenoxy) is 1. The molecule has 0 bridgehead atoms. The first-order valence-corrected chi connectivity index (χ1v) is 7.30. The maximum atomic E-state index is 9.39. The molecule has 0 radical (unpaired) electrons. The van der Waals surface area contributed by atoms with Crippen molar-refractivity contribution in [1.82, 2.24) is 0 Å². The number of thioether (sulfide) groups is 1. The van der Waals surface area contributed by atoms with Gasteiger partial charge in [-0.1, -0.05) is 18.2 Å². The van der Waals surface area contributed by atoms with Gasteiger partial charge in [0, 0.05) is 10.6 Å². The van der Waals surface area contributed by atoms with Crippen LogP contribution in [0.3, 0.4) is 0 Å². The van der Waals surface area contributed by atoms with Crippen molar-refractivity contribution in [2.45, 2.75) is 42.8 Å². The molecule has 0 aromatic heterocycles. The van der Waals surface area contributed by atoms with E-state index in [0.29, 0.717) is 6.10 Å². The Morgan fingerprint density at radius 1 is 1.12 bits per heavy atom. The van der Waals surface area contributed by atoms with E-state index >= 15 is 0 Å². The van der Waals surface area contributed by atoms with Crippen molar-refractivity contribution >= 4 is 11.8 Å². The molecule has 0 atom stereocenters. The highest BCUT2D eigenvalue weighted by Gasteiger charge is 2.19. The van der Waals surface area contributed by atoms with Gasteiger partial charge >= 0.3 is 0 Å². The van der Waals surface area contributed by atoms with E-state index < -0.39 is 0 Å². The van der Waals surface area contributed by atoms with Crippen molar-refractivity contribution in [1.29, 1.82) is 0 Å². The van der Waals surface area contributed by atoms with Crippen LogP contribution in [0.15, 0.2) is 35.2 Å². The summed E-state index contributed by atoms with van der Waals surface area (Å²) in [6.07, 6.45) is 4.10. The van der Waals surface area contributed by atoms with Crippen molar-refractivity contribution < 1.29 is 9.84 Å². The standard InChI is InChI=1S/C14H20O2S/c15-12-6-8-13(9-7-12)16-10-11-17-14-4-2-1-3-5-14/h1-5,12-13,15H,6-11H2. The second kappa shape index (κ2) is 7.04. The van der Waals surface area contributed by atoms with Crippen molar-refractivity contribution in [3.05, 3.63) is 30.3 Å². The lowest BCUT2D eigenvalue weighted by molar-refractivity contribution is 0.00369. The highest BCUT2D eigenvalue weighted by molar-refractivity contribution is 7.99. The number of hydrogen-bond acceptors (Lipinski definition) is 3. The Morgan fingerprint density at radius 3 is 2.53 bits per heavy atom. The molecule has 1 aliphatic rings. The summed E-state index contributed by atoms with van der Waals surface area (Å²) in [5, 5.41) is 9.39. The maximum absolute atomic E-state index is 9.39. The van der Waals surface area contributed by atoms with Crippen LogP contribution in [0, 0.1) is 0 Å². The van der Waals surface area contributed by atoms with E-state index in [1.54, 1.807) is 0 Å². The molecule has 94 valence electrons. The summed E-state index contributed by atoms with van der Waals surface area (Å²) in [6, 6.07) is 10.4. The molecule has 1 aromatic carbocycles. The summed E-state index contributed by atoms with van der Waals surface area (Å²) in [6.45, 7) is 0.806. The third kappa shape index (κ3) is 4.70. The average Bonchev–Trinajstić information content (AvgIpc) is 2.38. The lowest BCUT2D eigenvalue weighted by Crippen LogP contribution is -2.25. The lowest BCUT2D eigenvalue weighted by atomic mass is 9.95. The average molecular weight is 252 g/mol. The smallest absolute Gasteiger partial charge is 0.0577 e. The van der Waals surface area contributed by atoms with Gasteiger partial charge < -0.3 is 9.84 Å². The van der Waals surface area contributed by atoms with Crippen molar-refractivity contribution in [3.63, 3.8) is 0 Å². The fourth-order valence-corrected chi connectivity index (χ4v) is 2.87. The van der Waals surface area contributed by atoms with Crippen molar-refractivity contribution in [3.8, 4) is 0 Å². The molecule has 0 aliphatic heterocycles. The van der Waals surface area contributed by atoms with E-state index in [9.17, 15) is 5.11 Å². The maximum Gasteiger partial charge on any atom is 0.0577 e. The second-order valence-corrected chi connectivity index (χ2v) is 5.63. The normalized spacial score (nSPS) is 24.8. The zero-order valence-electron chi connectivity index (χ0n) is 10.0. The van der Waals surface area contributed by atoms with E-state index in [1.807, 2.05) is 17.8 Å². The number of rotatable bonds is 5. The third-order valence-electron chi connectivity index (χ3n) is 3.09. The molecule has 1 saturated carbocycles. The van der Waals surface area contributed by atoms with Crippen LogP contribution >= 0.6 is 11.8 Å². The van der Waals surface area contributed by atoms with Crippen LogP contribution in [0.25, 0.3) is 0 Å². The molecule has 0 heterocycles. The molecule has 2 nitrogen and oxygen atoms in total. The zero-order valence-corrected chi connectivity index (χ0v) is 10.9. The first-order chi connectivity index (χ1) is 8.34. The Bertz CT molecular complexity index is 307. The number of benzene rings is 1. The topological polar surface area (TPSA) is 29.5 Å². The van der Waals surface area contributed by atoms with Gasteiger partial charge in [0.25, 0.3) is 0 Å². The van der Waals surface area contributed by atoms with Gasteiger partial charge in [-0.3, -0.25) is 0 Å². The first-order valence-electron chi connectivity index (χ1n) is 6.32. The van der Waals surface area contributed by atoms with E-state index in [2.05, 4.69) is 24.3 Å². The van der Waals surface area contributed by atoms with Crippen LogP contribution in [-0.4, -0.2) is 29.7 Å². The zero-order chi connectivity index (χ0) is 11.9. The fraction of sp³-hybridized carbons (Fsp3) is 0.571. The minimum atomic E-state index is -0.0893. The monoisotopic (exact) mass is 252 g/mol. The molecule has 0 amide bonds. The molecule has 1 aliphatic carbocycles. The summed E-state index contributed by atoms with van der Waals surface area (Å²) in [7, 11) is 0. The van der Waals surface area contributed by atoms with Gasteiger partial charge in [0.05, 0.1) is 18.8 Å². The Balaban J connectivity index is 1.57. The van der Waals surface area contributed by atoms with Gasteiger partial charge in [-0.2, -0.15) is 0 Å². The van der Waals surface area contributed by atoms with Gasteiger partial charge in [0.15, 0.2) is 0 Å². The number of aliphatic hydroxyl groups excluding tert-OH is 1. The molecule has 1 N–H and O–H groups in total. The Hall–Kier alpha value is -0.510. The van der Waals surface area contributed by atoms with E-state index in [4.69, 9.17) is 4.74 Å². The SMILES string of the molecule is OC1CCC(OCCSc2ccccc2)CC1. The Kier molecular flexibility index (Phi) is 5.36. The van der Waals surface area contributed by atoms with E-state index in [-0.39, 0.29) is 6.10 Å². The van der Waals surface area contributed by atoms with Crippen LogP contribution < -0.4 is 0 Å². The van der Waals surface area contributed by atoms with Gasteiger partial charge in [0.2, 0.25) is 0 Å². The molecular weight excluding hydrogens is 232 g/mol.